The van der Waals surface area contributed by atoms with Crippen LogP contribution in [0.15, 0.2) is 40.9 Å². The number of nitrogens with zero attached hydrogens (tertiary/aromatic N) is 2. The molecular weight excluding hydrogens is 412 g/mol. The van der Waals surface area contributed by atoms with Crippen LogP contribution in [0, 0.1) is 20.8 Å². The molecule has 0 amide bonds. The predicted molar refractivity (Wildman–Crippen MR) is 119 cm³/mol. The summed E-state index contributed by atoms with van der Waals surface area (Å²) in [6.45, 7) is 6.65. The molecule has 0 saturated heterocycles. The first-order valence-corrected chi connectivity index (χ1v) is 10.1. The smallest absolute Gasteiger partial charge is 0.344 e. The van der Waals surface area contributed by atoms with Crippen LogP contribution in [0.5, 0.6) is 11.5 Å². The van der Waals surface area contributed by atoms with Gasteiger partial charge in [0.25, 0.3) is 0 Å². The van der Waals surface area contributed by atoms with Crippen molar-refractivity contribution in [3.05, 3.63) is 64.7 Å². The van der Waals surface area contributed by atoms with Crippen LogP contribution in [-0.2, 0) is 9.53 Å². The molecular formula is C24H26N2O6. The number of methoxy groups -OCH3 is 1. The van der Waals surface area contributed by atoms with E-state index >= 15 is 0 Å². The fourth-order valence-corrected chi connectivity index (χ4v) is 3.36. The van der Waals surface area contributed by atoms with Crippen molar-refractivity contribution in [2.75, 3.05) is 20.3 Å². The standard InChI is InChI=1S/C24H26N2O6/c1-6-7-18-8-9-21(22(12-18)29-5)30-14-24(28)31-13-20(27)19-10-15(2)26(17(19)4)23-11-16(3)32-25-23/h6-12H,13-14H2,1-5H3/b7-6+. The number of ketones is 1. The van der Waals surface area contributed by atoms with Gasteiger partial charge in [0.05, 0.1) is 7.11 Å². The number of ether oxygens (including phenoxy) is 3. The maximum atomic E-state index is 12.6. The number of Topliss-reactive ketones (excluding diaryl/α,β-unsaturated/α-hetero) is 1. The van der Waals surface area contributed by atoms with Gasteiger partial charge in [-0.25, -0.2) is 4.79 Å². The zero-order valence-corrected chi connectivity index (χ0v) is 18.8. The number of rotatable bonds is 9. The molecule has 32 heavy (non-hydrogen) atoms. The number of allylic oxidation sites excluding steroid dienone is 1. The lowest BCUT2D eigenvalue weighted by Crippen LogP contribution is -2.20. The SMILES string of the molecule is C/C=C/c1ccc(OCC(=O)OCC(=O)c2cc(C)n(-c3cc(C)on3)c2C)c(OC)c1. The minimum absolute atomic E-state index is 0.314. The summed E-state index contributed by atoms with van der Waals surface area (Å²) in [6.07, 6.45) is 3.83. The van der Waals surface area contributed by atoms with E-state index in [1.807, 2.05) is 36.6 Å². The van der Waals surface area contributed by atoms with Crippen molar-refractivity contribution < 1.29 is 28.3 Å². The number of hydrogen-bond donors (Lipinski definition) is 0. The van der Waals surface area contributed by atoms with Gasteiger partial charge in [-0.15, -0.1) is 0 Å². The van der Waals surface area contributed by atoms with Crippen LogP contribution < -0.4 is 9.47 Å². The second kappa shape index (κ2) is 10.00. The number of aromatic nitrogens is 2. The summed E-state index contributed by atoms with van der Waals surface area (Å²) in [6, 6.07) is 8.89. The van der Waals surface area contributed by atoms with Crippen LogP contribution >= 0.6 is 0 Å². The third-order valence-corrected chi connectivity index (χ3v) is 4.83. The summed E-state index contributed by atoms with van der Waals surface area (Å²) in [5.41, 5.74) is 2.92. The molecule has 0 aliphatic heterocycles. The molecule has 3 aromatic rings. The highest BCUT2D eigenvalue weighted by Crippen LogP contribution is 2.28. The summed E-state index contributed by atoms with van der Waals surface area (Å²) >= 11 is 0. The van der Waals surface area contributed by atoms with Gasteiger partial charge in [-0.3, -0.25) is 9.36 Å². The van der Waals surface area contributed by atoms with Crippen molar-refractivity contribution in [2.24, 2.45) is 0 Å². The Hall–Kier alpha value is -3.81. The van der Waals surface area contributed by atoms with Gasteiger partial charge >= 0.3 is 5.97 Å². The molecule has 1 aromatic carbocycles. The molecule has 0 fully saturated rings. The zero-order valence-electron chi connectivity index (χ0n) is 18.8. The average Bonchev–Trinajstić information content (AvgIpc) is 3.32. The van der Waals surface area contributed by atoms with Gasteiger partial charge in [0, 0.05) is 23.0 Å². The van der Waals surface area contributed by atoms with Crippen molar-refractivity contribution in [3.8, 4) is 17.3 Å². The number of carbonyl (C=O) groups is 2. The minimum atomic E-state index is -0.654. The van der Waals surface area contributed by atoms with Crippen molar-refractivity contribution in [2.45, 2.75) is 27.7 Å². The lowest BCUT2D eigenvalue weighted by molar-refractivity contribution is -0.144. The van der Waals surface area contributed by atoms with Crippen LogP contribution in [-0.4, -0.2) is 41.8 Å². The van der Waals surface area contributed by atoms with Gasteiger partial charge in [0.2, 0.25) is 5.78 Å². The molecule has 0 aliphatic rings. The van der Waals surface area contributed by atoms with Crippen LogP contribution in [0.1, 0.15) is 40.0 Å². The van der Waals surface area contributed by atoms with Crippen molar-refractivity contribution >= 4 is 17.8 Å². The molecule has 0 radical (unpaired) electrons. The minimum Gasteiger partial charge on any atom is -0.493 e. The molecule has 168 valence electrons. The van der Waals surface area contributed by atoms with Crippen molar-refractivity contribution in [1.82, 2.24) is 9.72 Å². The number of carbonyl (C=O) groups excluding carboxylic acids is 2. The van der Waals surface area contributed by atoms with Crippen LogP contribution in [0.4, 0.5) is 0 Å². The highest BCUT2D eigenvalue weighted by molar-refractivity contribution is 5.99. The first-order valence-electron chi connectivity index (χ1n) is 10.1. The monoisotopic (exact) mass is 438 g/mol. The van der Waals surface area contributed by atoms with E-state index in [9.17, 15) is 9.59 Å². The Kier molecular flexibility index (Phi) is 7.14. The number of hydrogen-bond acceptors (Lipinski definition) is 7. The first-order chi connectivity index (χ1) is 15.3. The fraction of sp³-hybridized carbons (Fsp3) is 0.292. The Morgan fingerprint density at radius 2 is 1.88 bits per heavy atom. The van der Waals surface area contributed by atoms with Gasteiger partial charge < -0.3 is 18.7 Å². The quantitative estimate of drug-likeness (QED) is 0.364. The lowest BCUT2D eigenvalue weighted by atomic mass is 10.1. The molecule has 0 N–H and O–H groups in total. The van der Waals surface area contributed by atoms with E-state index in [-0.39, 0.29) is 19.0 Å². The van der Waals surface area contributed by atoms with Gasteiger partial charge in [-0.1, -0.05) is 23.4 Å². The summed E-state index contributed by atoms with van der Waals surface area (Å²) < 4.78 is 22.9. The van der Waals surface area contributed by atoms with Gasteiger partial charge in [0.15, 0.2) is 30.5 Å². The first kappa shape index (κ1) is 22.9. The molecule has 2 aromatic heterocycles. The Labute approximate surface area is 186 Å². The van der Waals surface area contributed by atoms with E-state index in [4.69, 9.17) is 18.7 Å². The van der Waals surface area contributed by atoms with E-state index in [0.717, 1.165) is 11.3 Å². The maximum Gasteiger partial charge on any atom is 0.344 e. The summed E-state index contributed by atoms with van der Waals surface area (Å²) in [7, 11) is 1.52. The van der Waals surface area contributed by atoms with Gasteiger partial charge in [0.1, 0.15) is 5.76 Å². The van der Waals surface area contributed by atoms with E-state index in [0.29, 0.717) is 34.3 Å². The lowest BCUT2D eigenvalue weighted by Gasteiger charge is -2.11. The third kappa shape index (κ3) is 5.08. The molecule has 8 heteroatoms. The Bertz CT molecular complexity index is 1160. The van der Waals surface area contributed by atoms with E-state index < -0.39 is 5.97 Å². The molecule has 8 nitrogen and oxygen atoms in total. The predicted octanol–water partition coefficient (Wildman–Crippen LogP) is 4.24. The molecule has 0 bridgehead atoms. The highest BCUT2D eigenvalue weighted by atomic mass is 16.6. The number of esters is 1. The van der Waals surface area contributed by atoms with Gasteiger partial charge in [-0.2, -0.15) is 0 Å². The molecule has 0 aliphatic carbocycles. The van der Waals surface area contributed by atoms with Crippen LogP contribution in [0.2, 0.25) is 0 Å². The summed E-state index contributed by atoms with van der Waals surface area (Å²) in [5, 5.41) is 4.00. The average molecular weight is 438 g/mol. The van der Waals surface area contributed by atoms with Crippen molar-refractivity contribution in [1.29, 1.82) is 0 Å². The molecule has 0 spiro atoms. The molecule has 0 unspecified atom stereocenters. The van der Waals surface area contributed by atoms with Crippen LogP contribution in [0.3, 0.4) is 0 Å². The molecule has 0 saturated carbocycles. The normalized spacial score (nSPS) is 11.0. The van der Waals surface area contributed by atoms with E-state index in [2.05, 4.69) is 5.16 Å². The largest absolute Gasteiger partial charge is 0.493 e. The highest BCUT2D eigenvalue weighted by Gasteiger charge is 2.20. The maximum absolute atomic E-state index is 12.6. The molecule has 3 rings (SSSR count). The number of benzene rings is 1. The topological polar surface area (TPSA) is 92.8 Å². The molecule has 2 heterocycles. The third-order valence-electron chi connectivity index (χ3n) is 4.83. The fourth-order valence-electron chi connectivity index (χ4n) is 3.36. The Morgan fingerprint density at radius 1 is 1.09 bits per heavy atom. The molecule has 0 atom stereocenters. The second-order valence-corrected chi connectivity index (χ2v) is 7.20. The second-order valence-electron chi connectivity index (χ2n) is 7.20. The van der Waals surface area contributed by atoms with Crippen LogP contribution in [0.25, 0.3) is 11.9 Å². The van der Waals surface area contributed by atoms with Gasteiger partial charge in [-0.05, 0) is 51.5 Å². The number of aryl methyl sites for hydroxylation is 2. The summed E-state index contributed by atoms with van der Waals surface area (Å²) in [4.78, 5) is 24.8. The van der Waals surface area contributed by atoms with E-state index in [1.54, 1.807) is 38.1 Å². The zero-order chi connectivity index (χ0) is 23.3. The summed E-state index contributed by atoms with van der Waals surface area (Å²) in [5.74, 6) is 1.21. The Morgan fingerprint density at radius 3 is 2.53 bits per heavy atom. The Balaban J connectivity index is 1.59. The van der Waals surface area contributed by atoms with Crippen molar-refractivity contribution in [3.63, 3.8) is 0 Å². The van der Waals surface area contributed by atoms with E-state index in [1.165, 1.54) is 7.11 Å².